The van der Waals surface area contributed by atoms with E-state index in [0.29, 0.717) is 12.4 Å². The van der Waals surface area contributed by atoms with Crippen LogP contribution < -0.4 is 9.47 Å². The molecular weight excluding hydrogens is 336 g/mol. The first-order chi connectivity index (χ1) is 12.0. The number of ether oxygens (including phenoxy) is 3. The Labute approximate surface area is 153 Å². The van der Waals surface area contributed by atoms with Crippen LogP contribution in [0, 0.1) is 13.8 Å². The maximum atomic E-state index is 11.5. The molecule has 0 aromatic heterocycles. The van der Waals surface area contributed by atoms with Crippen LogP contribution >= 0.6 is 11.8 Å². The number of hydrogen-bond donors (Lipinski definition) is 0. The number of benzene rings is 2. The van der Waals surface area contributed by atoms with E-state index in [1.807, 2.05) is 25.3 Å². The van der Waals surface area contributed by atoms with E-state index >= 15 is 0 Å². The van der Waals surface area contributed by atoms with Crippen molar-refractivity contribution >= 4 is 17.9 Å². The van der Waals surface area contributed by atoms with Crippen LogP contribution in [-0.2, 0) is 17.8 Å². The maximum absolute atomic E-state index is 11.5. The molecule has 0 bridgehead atoms. The summed E-state index contributed by atoms with van der Waals surface area (Å²) in [4.78, 5) is 12.5. The highest BCUT2D eigenvalue weighted by molar-refractivity contribution is 7.98. The average molecular weight is 360 g/mol. The Bertz CT molecular complexity index is 756. The molecule has 4 nitrogen and oxygen atoms in total. The Morgan fingerprint density at radius 1 is 1.12 bits per heavy atom. The molecule has 25 heavy (non-hydrogen) atoms. The minimum absolute atomic E-state index is 0.315. The molecule has 0 N–H and O–H groups in total. The van der Waals surface area contributed by atoms with Gasteiger partial charge in [0.05, 0.1) is 7.11 Å². The Kier molecular flexibility index (Phi) is 6.76. The second-order valence-corrected chi connectivity index (χ2v) is 6.53. The Hall–Kier alpha value is -2.14. The molecule has 134 valence electrons. The minimum Gasteiger partial charge on any atom is -0.488 e. The van der Waals surface area contributed by atoms with Gasteiger partial charge in [-0.25, -0.2) is 4.79 Å². The van der Waals surface area contributed by atoms with Gasteiger partial charge in [0, 0.05) is 10.5 Å². The number of carbonyl (C=O) groups excluding carboxylic acids is 1. The summed E-state index contributed by atoms with van der Waals surface area (Å²) in [6.45, 7) is 6.59. The van der Waals surface area contributed by atoms with E-state index in [2.05, 4.69) is 30.7 Å². The molecular formula is C20H24O4S. The molecule has 0 aliphatic carbocycles. The SMILES string of the molecule is CCc1cc(C)c(OCc2c(OC(=O)OC)cccc2SC)cc1C. The third-order valence-electron chi connectivity index (χ3n) is 4.06. The van der Waals surface area contributed by atoms with Gasteiger partial charge < -0.3 is 14.2 Å². The van der Waals surface area contributed by atoms with Crippen LogP contribution in [-0.4, -0.2) is 19.5 Å². The summed E-state index contributed by atoms with van der Waals surface area (Å²) in [6.07, 6.45) is 2.24. The number of hydrogen-bond acceptors (Lipinski definition) is 5. The van der Waals surface area contributed by atoms with Gasteiger partial charge in [-0.3, -0.25) is 0 Å². The molecule has 5 heteroatoms. The molecule has 2 rings (SSSR count). The highest BCUT2D eigenvalue weighted by Crippen LogP contribution is 2.31. The summed E-state index contributed by atoms with van der Waals surface area (Å²) in [7, 11) is 1.29. The smallest absolute Gasteiger partial charge is 0.488 e. The summed E-state index contributed by atoms with van der Waals surface area (Å²) in [5.74, 6) is 1.30. The van der Waals surface area contributed by atoms with Crippen molar-refractivity contribution in [2.45, 2.75) is 38.7 Å². The monoisotopic (exact) mass is 360 g/mol. The van der Waals surface area contributed by atoms with Crippen molar-refractivity contribution in [2.75, 3.05) is 13.4 Å². The van der Waals surface area contributed by atoms with Crippen molar-refractivity contribution in [3.63, 3.8) is 0 Å². The third kappa shape index (κ3) is 4.69. The lowest BCUT2D eigenvalue weighted by Crippen LogP contribution is -2.10. The lowest BCUT2D eigenvalue weighted by Gasteiger charge is -2.16. The normalized spacial score (nSPS) is 10.4. The summed E-state index contributed by atoms with van der Waals surface area (Å²) >= 11 is 1.58. The van der Waals surface area contributed by atoms with E-state index in [0.717, 1.165) is 28.2 Å². The van der Waals surface area contributed by atoms with E-state index in [-0.39, 0.29) is 0 Å². The second-order valence-electron chi connectivity index (χ2n) is 5.68. The Morgan fingerprint density at radius 2 is 1.88 bits per heavy atom. The predicted molar refractivity (Wildman–Crippen MR) is 101 cm³/mol. The van der Waals surface area contributed by atoms with Gasteiger partial charge in [0.25, 0.3) is 0 Å². The van der Waals surface area contributed by atoms with Crippen LogP contribution in [0.3, 0.4) is 0 Å². The first-order valence-corrected chi connectivity index (χ1v) is 9.37. The van der Waals surface area contributed by atoms with Crippen LogP contribution in [0.1, 0.15) is 29.2 Å². The molecule has 0 saturated heterocycles. The van der Waals surface area contributed by atoms with Gasteiger partial charge in [-0.05, 0) is 61.4 Å². The molecule has 0 unspecified atom stereocenters. The van der Waals surface area contributed by atoms with E-state index in [1.165, 1.54) is 18.2 Å². The molecule has 2 aromatic carbocycles. The minimum atomic E-state index is -0.737. The third-order valence-corrected chi connectivity index (χ3v) is 4.88. The predicted octanol–water partition coefficient (Wildman–Crippen LogP) is 5.31. The molecule has 0 aliphatic rings. The van der Waals surface area contributed by atoms with Crippen molar-refractivity contribution in [1.82, 2.24) is 0 Å². The van der Waals surface area contributed by atoms with E-state index in [9.17, 15) is 4.79 Å². The molecule has 2 aromatic rings. The largest absolute Gasteiger partial charge is 0.513 e. The summed E-state index contributed by atoms with van der Waals surface area (Å²) in [5.41, 5.74) is 4.47. The van der Waals surface area contributed by atoms with Crippen LogP contribution in [0.25, 0.3) is 0 Å². The standard InChI is InChI=1S/C20H24O4S/c1-6-15-10-14(3)18(11-13(15)2)23-12-16-17(24-20(21)22-4)8-7-9-19(16)25-5/h7-11H,6,12H2,1-5H3. The van der Waals surface area contributed by atoms with Crippen molar-refractivity contribution < 1.29 is 19.0 Å². The highest BCUT2D eigenvalue weighted by Gasteiger charge is 2.15. The van der Waals surface area contributed by atoms with E-state index < -0.39 is 6.16 Å². The quantitative estimate of drug-likeness (QED) is 0.397. The first kappa shape index (κ1) is 19.2. The zero-order valence-electron chi connectivity index (χ0n) is 15.3. The lowest BCUT2D eigenvalue weighted by atomic mass is 10.0. The fourth-order valence-corrected chi connectivity index (χ4v) is 3.26. The van der Waals surface area contributed by atoms with Crippen molar-refractivity contribution in [1.29, 1.82) is 0 Å². The van der Waals surface area contributed by atoms with Gasteiger partial charge in [-0.2, -0.15) is 0 Å². The van der Waals surface area contributed by atoms with Gasteiger partial charge >= 0.3 is 6.16 Å². The zero-order chi connectivity index (χ0) is 18.4. The lowest BCUT2D eigenvalue weighted by molar-refractivity contribution is 0.120. The Morgan fingerprint density at radius 3 is 2.52 bits per heavy atom. The van der Waals surface area contributed by atoms with Gasteiger partial charge in [-0.15, -0.1) is 11.8 Å². The van der Waals surface area contributed by atoms with Crippen LogP contribution in [0.4, 0.5) is 4.79 Å². The molecule has 0 heterocycles. The number of carbonyl (C=O) groups is 1. The molecule has 0 saturated carbocycles. The maximum Gasteiger partial charge on any atom is 0.513 e. The number of aryl methyl sites for hydroxylation is 3. The molecule has 0 radical (unpaired) electrons. The van der Waals surface area contributed by atoms with Gasteiger partial charge in [0.15, 0.2) is 0 Å². The fraction of sp³-hybridized carbons (Fsp3) is 0.350. The number of rotatable bonds is 6. The van der Waals surface area contributed by atoms with Crippen molar-refractivity contribution in [3.05, 3.63) is 52.6 Å². The second kappa shape index (κ2) is 8.81. The average Bonchev–Trinajstić information content (AvgIpc) is 2.62. The molecule has 0 spiro atoms. The summed E-state index contributed by atoms with van der Waals surface area (Å²) in [6, 6.07) is 9.80. The molecule has 0 aliphatic heterocycles. The summed E-state index contributed by atoms with van der Waals surface area (Å²) < 4.78 is 15.9. The zero-order valence-corrected chi connectivity index (χ0v) is 16.2. The number of thioether (sulfide) groups is 1. The fourth-order valence-electron chi connectivity index (χ4n) is 2.64. The topological polar surface area (TPSA) is 44.8 Å². The van der Waals surface area contributed by atoms with E-state index in [4.69, 9.17) is 9.47 Å². The van der Waals surface area contributed by atoms with Crippen LogP contribution in [0.2, 0.25) is 0 Å². The highest BCUT2D eigenvalue weighted by atomic mass is 32.2. The molecule has 0 atom stereocenters. The van der Waals surface area contributed by atoms with Gasteiger partial charge in [-0.1, -0.05) is 19.1 Å². The van der Waals surface area contributed by atoms with E-state index in [1.54, 1.807) is 17.8 Å². The van der Waals surface area contributed by atoms with Crippen molar-refractivity contribution in [2.24, 2.45) is 0 Å². The number of methoxy groups -OCH3 is 1. The van der Waals surface area contributed by atoms with Crippen LogP contribution in [0.5, 0.6) is 11.5 Å². The molecule has 0 fully saturated rings. The van der Waals surface area contributed by atoms with Gasteiger partial charge in [0.2, 0.25) is 0 Å². The Balaban J connectivity index is 2.28. The molecule has 0 amide bonds. The van der Waals surface area contributed by atoms with Crippen LogP contribution in [0.15, 0.2) is 35.2 Å². The first-order valence-electron chi connectivity index (χ1n) is 8.14. The summed E-state index contributed by atoms with van der Waals surface area (Å²) in [5, 5.41) is 0. The van der Waals surface area contributed by atoms with Crippen molar-refractivity contribution in [3.8, 4) is 11.5 Å². The van der Waals surface area contributed by atoms with Gasteiger partial charge in [0.1, 0.15) is 18.1 Å².